The Balaban J connectivity index is 1.81. The molecule has 3 heterocycles. The maximum absolute atomic E-state index is 6.24. The van der Waals surface area contributed by atoms with Gasteiger partial charge in [-0.2, -0.15) is 0 Å². The van der Waals surface area contributed by atoms with Crippen molar-refractivity contribution in [3.8, 4) is 0 Å². The van der Waals surface area contributed by atoms with Gasteiger partial charge in [-0.15, -0.1) is 11.3 Å². The van der Waals surface area contributed by atoms with E-state index in [1.54, 1.807) is 11.3 Å². The van der Waals surface area contributed by atoms with Crippen LogP contribution in [0.25, 0.3) is 21.3 Å². The zero-order valence-electron chi connectivity index (χ0n) is 17.0. The Bertz CT molecular complexity index is 862. The second kappa shape index (κ2) is 9.51. The summed E-state index contributed by atoms with van der Waals surface area (Å²) in [5.74, 6) is 1.74. The summed E-state index contributed by atoms with van der Waals surface area (Å²) in [5.41, 5.74) is 9.32. The number of hydrogen-bond donors (Lipinski definition) is 1. The van der Waals surface area contributed by atoms with Crippen molar-refractivity contribution in [3.05, 3.63) is 17.3 Å². The monoisotopic (exact) mass is 387 g/mol. The minimum absolute atomic E-state index is 0.564. The largest absolute Gasteiger partial charge is 0.382 e. The van der Waals surface area contributed by atoms with Crippen molar-refractivity contribution < 1.29 is 0 Å². The SMILES string of the molecule is CCCCc1nc2c(N)nc3ccsc3c2n1CCCCCN(CC)CC. The van der Waals surface area contributed by atoms with Crippen LogP contribution in [0.4, 0.5) is 5.82 Å². The van der Waals surface area contributed by atoms with E-state index in [0.717, 1.165) is 43.5 Å². The van der Waals surface area contributed by atoms with Gasteiger partial charge in [0.05, 0.1) is 15.7 Å². The molecule has 27 heavy (non-hydrogen) atoms. The number of aryl methyl sites for hydroxylation is 2. The number of fused-ring (bicyclic) bond motifs is 3. The molecule has 3 aromatic heterocycles. The Morgan fingerprint density at radius 3 is 2.63 bits per heavy atom. The number of imidazole rings is 1. The van der Waals surface area contributed by atoms with Crippen LogP contribution in [0.15, 0.2) is 11.4 Å². The van der Waals surface area contributed by atoms with Crippen LogP contribution >= 0.6 is 11.3 Å². The molecule has 3 rings (SSSR count). The van der Waals surface area contributed by atoms with Gasteiger partial charge in [0.2, 0.25) is 0 Å². The van der Waals surface area contributed by atoms with Crippen LogP contribution in [0, 0.1) is 0 Å². The predicted molar refractivity (Wildman–Crippen MR) is 118 cm³/mol. The van der Waals surface area contributed by atoms with Crippen molar-refractivity contribution in [1.82, 2.24) is 19.4 Å². The van der Waals surface area contributed by atoms with Crippen LogP contribution in [-0.4, -0.2) is 39.1 Å². The molecular weight excluding hydrogens is 354 g/mol. The molecule has 0 bridgehead atoms. The maximum atomic E-state index is 6.24. The smallest absolute Gasteiger partial charge is 0.152 e. The van der Waals surface area contributed by atoms with E-state index in [1.807, 2.05) is 0 Å². The third kappa shape index (κ3) is 4.43. The van der Waals surface area contributed by atoms with Crippen LogP contribution in [-0.2, 0) is 13.0 Å². The van der Waals surface area contributed by atoms with Crippen molar-refractivity contribution in [3.63, 3.8) is 0 Å². The number of hydrogen-bond acceptors (Lipinski definition) is 5. The van der Waals surface area contributed by atoms with Crippen LogP contribution < -0.4 is 5.73 Å². The summed E-state index contributed by atoms with van der Waals surface area (Å²) in [4.78, 5) is 12.0. The van der Waals surface area contributed by atoms with Gasteiger partial charge in [-0.1, -0.05) is 33.6 Å². The minimum Gasteiger partial charge on any atom is -0.382 e. The summed E-state index contributed by atoms with van der Waals surface area (Å²) in [5, 5.41) is 2.10. The Morgan fingerprint density at radius 2 is 1.89 bits per heavy atom. The highest BCUT2D eigenvalue weighted by molar-refractivity contribution is 7.18. The number of nitrogens with zero attached hydrogens (tertiary/aromatic N) is 4. The molecule has 6 heteroatoms. The number of nitrogen functional groups attached to an aromatic ring is 1. The number of pyridine rings is 1. The van der Waals surface area contributed by atoms with Gasteiger partial charge >= 0.3 is 0 Å². The lowest BCUT2D eigenvalue weighted by molar-refractivity contribution is 0.295. The number of aromatic nitrogens is 3. The van der Waals surface area contributed by atoms with Crippen molar-refractivity contribution in [2.45, 2.75) is 65.8 Å². The van der Waals surface area contributed by atoms with Crippen LogP contribution in [0.1, 0.15) is 58.7 Å². The fraction of sp³-hybridized carbons (Fsp3) is 0.619. The highest BCUT2D eigenvalue weighted by atomic mass is 32.1. The standard InChI is InChI=1S/C21H33N5S/c1-4-7-11-17-24-18-19(20-16(12-15-27-20)23-21(18)22)26(17)14-10-8-9-13-25(5-2)6-3/h12,15H,4-11,13-14H2,1-3H3,(H2,22,23). The number of thiophene rings is 1. The van der Waals surface area contributed by atoms with E-state index in [4.69, 9.17) is 10.7 Å². The highest BCUT2D eigenvalue weighted by Crippen LogP contribution is 2.32. The molecule has 0 amide bonds. The minimum atomic E-state index is 0.564. The fourth-order valence-corrected chi connectivity index (χ4v) is 4.63. The molecule has 0 radical (unpaired) electrons. The molecule has 0 saturated carbocycles. The predicted octanol–water partition coefficient (Wildman–Crippen LogP) is 5.08. The van der Waals surface area contributed by atoms with Crippen LogP contribution in [0.5, 0.6) is 0 Å². The van der Waals surface area contributed by atoms with Gasteiger partial charge in [0, 0.05) is 13.0 Å². The molecule has 0 atom stereocenters. The van der Waals surface area contributed by atoms with Crippen LogP contribution in [0.3, 0.4) is 0 Å². The first-order valence-electron chi connectivity index (χ1n) is 10.4. The quantitative estimate of drug-likeness (QED) is 0.466. The molecule has 0 aliphatic carbocycles. The summed E-state index contributed by atoms with van der Waals surface area (Å²) < 4.78 is 3.65. The molecule has 148 valence electrons. The van der Waals surface area contributed by atoms with Crippen molar-refractivity contribution in [2.75, 3.05) is 25.4 Å². The van der Waals surface area contributed by atoms with E-state index in [-0.39, 0.29) is 0 Å². The number of nitrogens with two attached hydrogens (primary N) is 1. The number of unbranched alkanes of at least 4 members (excludes halogenated alkanes) is 3. The molecule has 2 N–H and O–H groups in total. The summed E-state index contributed by atoms with van der Waals surface area (Å²) in [6, 6.07) is 2.06. The van der Waals surface area contributed by atoms with Gasteiger partial charge in [0.25, 0.3) is 0 Å². The average molecular weight is 388 g/mol. The summed E-state index contributed by atoms with van der Waals surface area (Å²) in [7, 11) is 0. The highest BCUT2D eigenvalue weighted by Gasteiger charge is 2.17. The van der Waals surface area contributed by atoms with E-state index in [9.17, 15) is 0 Å². The molecule has 0 fully saturated rings. The van der Waals surface area contributed by atoms with E-state index < -0.39 is 0 Å². The maximum Gasteiger partial charge on any atom is 0.152 e. The van der Waals surface area contributed by atoms with Crippen molar-refractivity contribution >= 4 is 38.4 Å². The average Bonchev–Trinajstić information content (AvgIpc) is 3.27. The zero-order valence-corrected chi connectivity index (χ0v) is 17.8. The van der Waals surface area contributed by atoms with Gasteiger partial charge in [-0.05, 0) is 50.3 Å². The molecule has 5 nitrogen and oxygen atoms in total. The molecule has 0 unspecified atom stereocenters. The Kier molecular flexibility index (Phi) is 7.07. The molecule has 0 aliphatic rings. The lowest BCUT2D eigenvalue weighted by atomic mass is 10.2. The van der Waals surface area contributed by atoms with E-state index in [2.05, 4.69) is 46.7 Å². The van der Waals surface area contributed by atoms with E-state index >= 15 is 0 Å². The third-order valence-electron chi connectivity index (χ3n) is 5.39. The molecule has 3 aromatic rings. The Morgan fingerprint density at radius 1 is 1.07 bits per heavy atom. The van der Waals surface area contributed by atoms with E-state index in [1.165, 1.54) is 48.3 Å². The molecular formula is C21H33N5S. The fourth-order valence-electron chi connectivity index (χ4n) is 3.75. The van der Waals surface area contributed by atoms with Crippen LogP contribution in [0.2, 0.25) is 0 Å². The first kappa shape index (κ1) is 20.1. The van der Waals surface area contributed by atoms with Crippen molar-refractivity contribution in [2.24, 2.45) is 0 Å². The first-order valence-corrected chi connectivity index (χ1v) is 11.3. The Hall–Kier alpha value is -1.66. The van der Waals surface area contributed by atoms with E-state index in [0.29, 0.717) is 5.82 Å². The third-order valence-corrected chi connectivity index (χ3v) is 6.30. The lowest BCUT2D eigenvalue weighted by Crippen LogP contribution is -2.23. The summed E-state index contributed by atoms with van der Waals surface area (Å²) >= 11 is 1.74. The molecule has 0 spiro atoms. The van der Waals surface area contributed by atoms with Gasteiger partial charge in [0.1, 0.15) is 11.3 Å². The lowest BCUT2D eigenvalue weighted by Gasteiger charge is -2.17. The molecule has 0 aromatic carbocycles. The van der Waals surface area contributed by atoms with Crippen molar-refractivity contribution in [1.29, 1.82) is 0 Å². The zero-order chi connectivity index (χ0) is 19.2. The van der Waals surface area contributed by atoms with Gasteiger partial charge < -0.3 is 15.2 Å². The first-order chi connectivity index (χ1) is 13.2. The van der Waals surface area contributed by atoms with Gasteiger partial charge in [-0.25, -0.2) is 9.97 Å². The van der Waals surface area contributed by atoms with Gasteiger partial charge in [0.15, 0.2) is 5.82 Å². The number of anilines is 1. The second-order valence-corrected chi connectivity index (χ2v) is 8.12. The second-order valence-electron chi connectivity index (χ2n) is 7.20. The number of rotatable bonds is 11. The normalized spacial score (nSPS) is 12.0. The van der Waals surface area contributed by atoms with Gasteiger partial charge in [-0.3, -0.25) is 0 Å². The molecule has 0 aliphatic heterocycles. The molecule has 0 saturated heterocycles. The Labute approximate surface area is 166 Å². The summed E-state index contributed by atoms with van der Waals surface area (Å²) in [6.45, 7) is 11.2. The topological polar surface area (TPSA) is 60.0 Å². The summed E-state index contributed by atoms with van der Waals surface area (Å²) in [6.07, 6.45) is 7.04.